The summed E-state index contributed by atoms with van der Waals surface area (Å²) in [5.74, 6) is -2.18. The number of carboxylic acids is 1. The first-order chi connectivity index (χ1) is 10.6. The third-order valence-corrected chi connectivity index (χ3v) is 6.96. The highest BCUT2D eigenvalue weighted by Crippen LogP contribution is 2.44. The Bertz CT molecular complexity index is 700. The molecule has 12 heteroatoms. The van der Waals surface area contributed by atoms with E-state index in [1.54, 1.807) is 6.92 Å². The molecule has 0 aromatic rings. The van der Waals surface area contributed by atoms with Crippen molar-refractivity contribution in [3.63, 3.8) is 0 Å². The van der Waals surface area contributed by atoms with Crippen LogP contribution < -0.4 is 4.72 Å². The Morgan fingerprint density at radius 2 is 2.09 bits per heavy atom. The summed E-state index contributed by atoms with van der Waals surface area (Å²) < 4.78 is 33.8. The van der Waals surface area contributed by atoms with Crippen LogP contribution in [0.4, 0.5) is 4.79 Å². The van der Waals surface area contributed by atoms with Crippen LogP contribution in [0.3, 0.4) is 0 Å². The van der Waals surface area contributed by atoms with Gasteiger partial charge in [0.05, 0.1) is 18.7 Å². The lowest BCUT2D eigenvalue weighted by Crippen LogP contribution is -2.64. The molecule has 0 saturated carbocycles. The first-order valence-corrected chi connectivity index (χ1v) is 8.85. The van der Waals surface area contributed by atoms with Crippen molar-refractivity contribution in [1.82, 2.24) is 9.62 Å². The lowest BCUT2D eigenvalue weighted by Gasteiger charge is -2.36. The minimum absolute atomic E-state index is 0.140. The SMILES string of the molecule is CCOC(=O)NS/N=C1/C(=O)N2[C@@H](C(=O)O)C(C)(C)S(=O)(=O)[C@H]12. The molecule has 2 N–H and O–H groups in total. The van der Waals surface area contributed by atoms with Gasteiger partial charge in [-0.2, -0.15) is 4.40 Å². The van der Waals surface area contributed by atoms with E-state index in [1.807, 2.05) is 0 Å². The number of nitrogens with zero attached hydrogens (tertiary/aromatic N) is 2. The van der Waals surface area contributed by atoms with E-state index < -0.39 is 44.0 Å². The molecule has 0 bridgehead atoms. The van der Waals surface area contributed by atoms with Gasteiger partial charge in [-0.25, -0.2) is 22.7 Å². The molecule has 0 spiro atoms. The van der Waals surface area contributed by atoms with E-state index in [0.717, 1.165) is 4.90 Å². The summed E-state index contributed by atoms with van der Waals surface area (Å²) in [5, 5.41) is 7.82. The van der Waals surface area contributed by atoms with Crippen molar-refractivity contribution in [3.8, 4) is 0 Å². The second-order valence-corrected chi connectivity index (χ2v) is 8.50. The molecule has 10 nitrogen and oxygen atoms in total. The number of sulfone groups is 1. The van der Waals surface area contributed by atoms with E-state index in [0.29, 0.717) is 12.1 Å². The second kappa shape index (κ2) is 5.67. The predicted octanol–water partition coefficient (Wildman–Crippen LogP) is -0.435. The van der Waals surface area contributed by atoms with Crippen molar-refractivity contribution in [3.05, 3.63) is 0 Å². The van der Waals surface area contributed by atoms with Crippen molar-refractivity contribution >= 4 is 45.7 Å². The molecule has 2 amide bonds. The summed E-state index contributed by atoms with van der Waals surface area (Å²) in [6.45, 7) is 4.26. The third kappa shape index (κ3) is 2.45. The van der Waals surface area contributed by atoms with Crippen molar-refractivity contribution < 1.29 is 32.6 Å². The van der Waals surface area contributed by atoms with Gasteiger partial charge in [0.15, 0.2) is 27.0 Å². The monoisotopic (exact) mass is 365 g/mol. The molecule has 0 aromatic carbocycles. The number of β-lactam (4-membered cyclic amide) rings is 1. The molecule has 128 valence electrons. The number of amides is 2. The second-order valence-electron chi connectivity index (χ2n) is 5.34. The van der Waals surface area contributed by atoms with E-state index in [2.05, 4.69) is 13.9 Å². The van der Waals surface area contributed by atoms with Crippen LogP contribution in [-0.2, 0) is 24.2 Å². The molecule has 0 unspecified atom stereocenters. The van der Waals surface area contributed by atoms with Crippen LogP contribution >= 0.6 is 12.1 Å². The Hall–Kier alpha value is -1.82. The Morgan fingerprint density at radius 3 is 2.61 bits per heavy atom. The number of rotatable bonds is 4. The van der Waals surface area contributed by atoms with E-state index in [9.17, 15) is 27.9 Å². The minimum atomic E-state index is -3.97. The van der Waals surface area contributed by atoms with Gasteiger partial charge in [0.25, 0.3) is 5.91 Å². The zero-order chi connectivity index (χ0) is 17.6. The highest BCUT2D eigenvalue weighted by atomic mass is 32.2. The lowest BCUT2D eigenvalue weighted by atomic mass is 9.98. The van der Waals surface area contributed by atoms with Gasteiger partial charge in [-0.3, -0.25) is 9.69 Å². The van der Waals surface area contributed by atoms with E-state index in [1.165, 1.54) is 13.8 Å². The largest absolute Gasteiger partial charge is 0.480 e. The Labute approximate surface area is 136 Å². The molecule has 0 aromatic heterocycles. The molecular formula is C11H15N3O7S2. The molecule has 2 heterocycles. The predicted molar refractivity (Wildman–Crippen MR) is 80.2 cm³/mol. The summed E-state index contributed by atoms with van der Waals surface area (Å²) in [4.78, 5) is 35.3. The van der Waals surface area contributed by atoms with E-state index in [-0.39, 0.29) is 12.3 Å². The van der Waals surface area contributed by atoms with Crippen LogP contribution in [0.2, 0.25) is 0 Å². The number of carbonyl (C=O) groups is 3. The van der Waals surface area contributed by atoms with Crippen LogP contribution in [0.25, 0.3) is 0 Å². The topological polar surface area (TPSA) is 142 Å². The van der Waals surface area contributed by atoms with Crippen LogP contribution in [0, 0.1) is 0 Å². The Morgan fingerprint density at radius 1 is 1.48 bits per heavy atom. The van der Waals surface area contributed by atoms with Crippen molar-refractivity contribution in [2.45, 2.75) is 36.9 Å². The zero-order valence-electron chi connectivity index (χ0n) is 12.5. The van der Waals surface area contributed by atoms with Gasteiger partial charge in [0.1, 0.15) is 4.75 Å². The highest BCUT2D eigenvalue weighted by Gasteiger charge is 2.71. The molecular weight excluding hydrogens is 350 g/mol. The summed E-state index contributed by atoms with van der Waals surface area (Å²) in [6.07, 6.45) is -0.788. The number of hydrogen-bond donors (Lipinski definition) is 2. The summed E-state index contributed by atoms with van der Waals surface area (Å²) in [7, 11) is -3.97. The number of ether oxygens (including phenoxy) is 1. The van der Waals surface area contributed by atoms with Crippen molar-refractivity contribution in [2.24, 2.45) is 4.40 Å². The Kier molecular flexibility index (Phi) is 4.32. The molecule has 2 rings (SSSR count). The van der Waals surface area contributed by atoms with Gasteiger partial charge in [-0.05, 0) is 20.8 Å². The maximum absolute atomic E-state index is 12.5. The minimum Gasteiger partial charge on any atom is -0.480 e. The summed E-state index contributed by atoms with van der Waals surface area (Å²) >= 11 is 0.452. The zero-order valence-corrected chi connectivity index (χ0v) is 14.1. The van der Waals surface area contributed by atoms with Crippen LogP contribution in [0.15, 0.2) is 4.40 Å². The van der Waals surface area contributed by atoms with Crippen molar-refractivity contribution in [2.75, 3.05) is 6.61 Å². The number of aliphatic carboxylic acids is 1. The molecule has 2 aliphatic heterocycles. The molecule has 2 fully saturated rings. The average Bonchev–Trinajstić information content (AvgIpc) is 2.57. The third-order valence-electron chi connectivity index (χ3n) is 3.69. The lowest BCUT2D eigenvalue weighted by molar-refractivity contribution is -0.150. The van der Waals surface area contributed by atoms with Crippen molar-refractivity contribution in [1.29, 1.82) is 0 Å². The summed E-state index contributed by atoms with van der Waals surface area (Å²) in [6, 6.07) is -1.48. The standard InChI is InChI=1S/C11H15N3O7S2/c1-4-21-10(18)13-22-12-5-7(15)14-6(9(16)17)11(2,3)23(19,20)8(5)14/h6,8H,4H2,1-3H3,(H,13,18)(H,16,17)/b12-5-/t6-,8+/m0/s1. The van der Waals surface area contributed by atoms with Gasteiger partial charge in [0.2, 0.25) is 0 Å². The highest BCUT2D eigenvalue weighted by molar-refractivity contribution is 7.97. The first kappa shape index (κ1) is 17.5. The molecule has 2 aliphatic rings. The van der Waals surface area contributed by atoms with Crippen LogP contribution in [-0.4, -0.2) is 64.9 Å². The summed E-state index contributed by atoms with van der Waals surface area (Å²) in [5.41, 5.74) is -0.316. The Balaban J connectivity index is 2.25. The fraction of sp³-hybridized carbons (Fsp3) is 0.636. The normalized spacial score (nSPS) is 28.9. The number of carbonyl (C=O) groups excluding carboxylic acids is 2. The maximum Gasteiger partial charge on any atom is 0.418 e. The quantitative estimate of drug-likeness (QED) is 0.504. The van der Waals surface area contributed by atoms with Gasteiger partial charge < -0.3 is 9.84 Å². The van der Waals surface area contributed by atoms with Gasteiger partial charge in [-0.1, -0.05) is 0 Å². The van der Waals surface area contributed by atoms with Gasteiger partial charge >= 0.3 is 12.1 Å². The maximum atomic E-state index is 12.5. The van der Waals surface area contributed by atoms with Gasteiger partial charge in [0, 0.05) is 0 Å². The van der Waals surface area contributed by atoms with Crippen LogP contribution in [0.5, 0.6) is 0 Å². The fourth-order valence-corrected chi connectivity index (χ4v) is 5.09. The average molecular weight is 365 g/mol. The number of fused-ring (bicyclic) bond motifs is 1. The van der Waals surface area contributed by atoms with Gasteiger partial charge in [-0.15, -0.1) is 0 Å². The number of hydrogen-bond acceptors (Lipinski definition) is 8. The molecule has 0 aliphatic carbocycles. The number of nitrogens with one attached hydrogen (secondary N) is 1. The first-order valence-electron chi connectivity index (χ1n) is 6.53. The number of carboxylic acid groups (broad SMARTS) is 1. The molecule has 2 saturated heterocycles. The van der Waals surface area contributed by atoms with Crippen LogP contribution in [0.1, 0.15) is 20.8 Å². The van der Waals surface area contributed by atoms with E-state index >= 15 is 0 Å². The smallest absolute Gasteiger partial charge is 0.418 e. The molecule has 0 radical (unpaired) electrons. The molecule has 23 heavy (non-hydrogen) atoms. The molecule has 2 atom stereocenters. The van der Waals surface area contributed by atoms with E-state index in [4.69, 9.17) is 0 Å². The fourth-order valence-electron chi connectivity index (χ4n) is 2.51.